The smallest absolute Gasteiger partial charge is 0.408 e. The van der Waals surface area contributed by atoms with Crippen LogP contribution in [-0.4, -0.2) is 70.4 Å². The minimum Gasteiger partial charge on any atom is -0.443 e. The normalized spacial score (nSPS) is 14.7. The molecular formula is C33H50N6O7. The third-order valence-electron chi connectivity index (χ3n) is 7.33. The number of alkyl carbamates (subject to hydrolysis) is 1. The maximum Gasteiger partial charge on any atom is 0.408 e. The average molecular weight is 643 g/mol. The summed E-state index contributed by atoms with van der Waals surface area (Å²) in [6, 6.07) is 4.72. The first-order valence-corrected chi connectivity index (χ1v) is 15.6. The number of imide groups is 1. The van der Waals surface area contributed by atoms with Crippen molar-refractivity contribution in [2.24, 2.45) is 17.6 Å². The van der Waals surface area contributed by atoms with Crippen LogP contribution in [0.2, 0.25) is 0 Å². The molecule has 0 bridgehead atoms. The summed E-state index contributed by atoms with van der Waals surface area (Å²) < 4.78 is 5.67. The number of primary amides is 1. The Morgan fingerprint density at radius 2 is 1.48 bits per heavy atom. The van der Waals surface area contributed by atoms with Crippen molar-refractivity contribution in [2.45, 2.75) is 104 Å². The van der Waals surface area contributed by atoms with Crippen LogP contribution in [0.1, 0.15) is 80.2 Å². The second-order valence-corrected chi connectivity index (χ2v) is 13.6. The van der Waals surface area contributed by atoms with Crippen molar-refractivity contribution in [3.05, 3.63) is 42.0 Å². The van der Waals surface area contributed by atoms with Gasteiger partial charge in [-0.25, -0.2) is 9.59 Å². The zero-order valence-electron chi connectivity index (χ0n) is 28.2. The van der Waals surface area contributed by atoms with Gasteiger partial charge in [0.1, 0.15) is 17.7 Å². The number of carbonyl (C=O) groups is 6. The van der Waals surface area contributed by atoms with Gasteiger partial charge in [-0.1, -0.05) is 39.8 Å². The number of amides is 7. The van der Waals surface area contributed by atoms with E-state index in [9.17, 15) is 28.8 Å². The molecule has 6 N–H and O–H groups in total. The molecule has 1 aliphatic rings. The predicted octanol–water partition coefficient (Wildman–Crippen LogP) is 3.38. The van der Waals surface area contributed by atoms with Crippen LogP contribution in [0.25, 0.3) is 0 Å². The SMILES string of the molecule is CC(C)Cc1ccc(NC(=O)[C@H](CCCNC(N)=O)NC(=O)[C@@H](NC(=O)OC(C)(C)CC(C)(C)N2C(=O)C=CC2=O)C(C)C)cc1. The van der Waals surface area contributed by atoms with E-state index in [1.54, 1.807) is 53.7 Å². The molecule has 1 aliphatic heterocycles. The number of nitrogens with one attached hydrogen (secondary N) is 4. The molecule has 2 rings (SSSR count). The molecule has 0 aliphatic carbocycles. The maximum absolute atomic E-state index is 13.5. The van der Waals surface area contributed by atoms with Gasteiger partial charge in [0.15, 0.2) is 0 Å². The van der Waals surface area contributed by atoms with Crippen LogP contribution in [0.4, 0.5) is 15.3 Å². The van der Waals surface area contributed by atoms with Crippen molar-refractivity contribution in [1.82, 2.24) is 20.9 Å². The van der Waals surface area contributed by atoms with E-state index in [1.165, 1.54) is 12.2 Å². The lowest BCUT2D eigenvalue weighted by Gasteiger charge is -2.39. The monoisotopic (exact) mass is 642 g/mol. The van der Waals surface area contributed by atoms with Gasteiger partial charge in [-0.2, -0.15) is 0 Å². The zero-order valence-corrected chi connectivity index (χ0v) is 28.2. The molecule has 254 valence electrons. The summed E-state index contributed by atoms with van der Waals surface area (Å²) in [5.74, 6) is -1.85. The van der Waals surface area contributed by atoms with E-state index in [2.05, 4.69) is 35.1 Å². The van der Waals surface area contributed by atoms with Gasteiger partial charge in [0.25, 0.3) is 11.8 Å². The first-order valence-electron chi connectivity index (χ1n) is 15.6. The van der Waals surface area contributed by atoms with E-state index in [-0.39, 0.29) is 25.3 Å². The molecule has 0 spiro atoms. The summed E-state index contributed by atoms with van der Waals surface area (Å²) in [4.78, 5) is 76.5. The molecule has 7 amide bonds. The molecule has 1 aromatic carbocycles. The Kier molecular flexibility index (Phi) is 13.3. The molecule has 0 saturated heterocycles. The Labute approximate surface area is 271 Å². The molecule has 0 aromatic heterocycles. The highest BCUT2D eigenvalue weighted by Gasteiger charge is 2.42. The quantitative estimate of drug-likeness (QED) is 0.135. The third kappa shape index (κ3) is 11.8. The van der Waals surface area contributed by atoms with Crippen LogP contribution in [0.5, 0.6) is 0 Å². The Hall–Kier alpha value is -4.42. The fourth-order valence-corrected chi connectivity index (χ4v) is 5.57. The fraction of sp³-hybridized carbons (Fsp3) is 0.576. The van der Waals surface area contributed by atoms with E-state index in [1.807, 2.05) is 12.1 Å². The second-order valence-electron chi connectivity index (χ2n) is 13.6. The van der Waals surface area contributed by atoms with Crippen LogP contribution in [0, 0.1) is 11.8 Å². The van der Waals surface area contributed by atoms with Crippen LogP contribution in [-0.2, 0) is 30.3 Å². The minimum atomic E-state index is -1.13. The summed E-state index contributed by atoms with van der Waals surface area (Å²) in [7, 11) is 0. The Balaban J connectivity index is 2.11. The zero-order chi connectivity index (χ0) is 34.8. The highest BCUT2D eigenvalue weighted by molar-refractivity contribution is 6.13. The summed E-state index contributed by atoms with van der Waals surface area (Å²) >= 11 is 0. The van der Waals surface area contributed by atoms with Crippen molar-refractivity contribution in [3.8, 4) is 0 Å². The van der Waals surface area contributed by atoms with E-state index >= 15 is 0 Å². The molecule has 46 heavy (non-hydrogen) atoms. The summed E-state index contributed by atoms with van der Waals surface area (Å²) in [5, 5.41) is 10.7. The number of rotatable bonds is 16. The van der Waals surface area contributed by atoms with E-state index in [4.69, 9.17) is 10.5 Å². The number of nitrogens with two attached hydrogens (primary N) is 1. The molecule has 1 heterocycles. The van der Waals surface area contributed by atoms with Crippen LogP contribution in [0.15, 0.2) is 36.4 Å². The molecule has 0 fully saturated rings. The molecule has 2 atom stereocenters. The van der Waals surface area contributed by atoms with Gasteiger partial charge in [-0.05, 0) is 76.5 Å². The first-order chi connectivity index (χ1) is 21.3. The predicted molar refractivity (Wildman–Crippen MR) is 174 cm³/mol. The first kappa shape index (κ1) is 37.8. The second kappa shape index (κ2) is 16.2. The molecule has 13 heteroatoms. The molecule has 0 radical (unpaired) electrons. The Bertz CT molecular complexity index is 1290. The van der Waals surface area contributed by atoms with Gasteiger partial charge >= 0.3 is 12.1 Å². The molecular weight excluding hydrogens is 592 g/mol. The molecule has 0 saturated carbocycles. The van der Waals surface area contributed by atoms with Gasteiger partial charge in [-0.15, -0.1) is 0 Å². The molecule has 0 unspecified atom stereocenters. The summed E-state index contributed by atoms with van der Waals surface area (Å²) in [5.41, 5.74) is 4.75. The van der Waals surface area contributed by atoms with Gasteiger partial charge in [0.2, 0.25) is 11.8 Å². The minimum absolute atomic E-state index is 0.130. The van der Waals surface area contributed by atoms with Crippen LogP contribution in [0.3, 0.4) is 0 Å². The number of hydrogen-bond donors (Lipinski definition) is 5. The van der Waals surface area contributed by atoms with Gasteiger partial charge < -0.3 is 31.7 Å². The van der Waals surface area contributed by atoms with Crippen molar-refractivity contribution in [3.63, 3.8) is 0 Å². The average Bonchev–Trinajstić information content (AvgIpc) is 3.26. The van der Waals surface area contributed by atoms with Crippen molar-refractivity contribution >= 4 is 41.4 Å². The van der Waals surface area contributed by atoms with Crippen LogP contribution < -0.4 is 27.0 Å². The molecule has 13 nitrogen and oxygen atoms in total. The van der Waals surface area contributed by atoms with E-state index in [0.717, 1.165) is 16.9 Å². The van der Waals surface area contributed by atoms with E-state index in [0.29, 0.717) is 18.0 Å². The lowest BCUT2D eigenvalue weighted by Crippen LogP contribution is -2.56. The maximum atomic E-state index is 13.5. The number of benzene rings is 1. The number of nitrogens with zero attached hydrogens (tertiary/aromatic N) is 1. The fourth-order valence-electron chi connectivity index (χ4n) is 5.57. The van der Waals surface area contributed by atoms with Crippen molar-refractivity contribution in [1.29, 1.82) is 0 Å². The lowest BCUT2D eigenvalue weighted by molar-refractivity contribution is -0.144. The number of anilines is 1. The largest absolute Gasteiger partial charge is 0.443 e. The lowest BCUT2D eigenvalue weighted by atomic mass is 9.88. The van der Waals surface area contributed by atoms with Gasteiger partial charge in [0.05, 0.1) is 0 Å². The van der Waals surface area contributed by atoms with Gasteiger partial charge in [0, 0.05) is 36.3 Å². The number of ether oxygens (including phenoxy) is 1. The van der Waals surface area contributed by atoms with Crippen LogP contribution >= 0.6 is 0 Å². The highest BCUT2D eigenvalue weighted by atomic mass is 16.6. The number of carbonyl (C=O) groups excluding carboxylic acids is 6. The standard InChI is InChI=1S/C33H50N6O7/c1-20(2)18-22-11-13-23(14-12-22)36-28(42)24(10-9-17-35-30(34)44)37-29(43)27(21(3)4)38-31(45)46-33(7,8)19-32(5,6)39-25(40)15-16-26(39)41/h11-16,20-21,24,27H,9-10,17-19H2,1-8H3,(H,36,42)(H,37,43)(H,38,45)(H3,34,35,44)/t24-,27-/m0/s1. The molecule has 1 aromatic rings. The highest BCUT2D eigenvalue weighted by Crippen LogP contribution is 2.31. The van der Waals surface area contributed by atoms with Crippen molar-refractivity contribution in [2.75, 3.05) is 11.9 Å². The summed E-state index contributed by atoms with van der Waals surface area (Å²) in [6.45, 7) is 14.6. The Morgan fingerprint density at radius 3 is 2.00 bits per heavy atom. The van der Waals surface area contributed by atoms with Crippen molar-refractivity contribution < 1.29 is 33.5 Å². The number of hydrogen-bond acceptors (Lipinski definition) is 7. The Morgan fingerprint density at radius 1 is 0.891 bits per heavy atom. The van der Waals surface area contributed by atoms with E-state index < -0.39 is 59.0 Å². The van der Waals surface area contributed by atoms with Gasteiger partial charge in [-0.3, -0.25) is 24.1 Å². The third-order valence-corrected chi connectivity index (χ3v) is 7.33. The number of urea groups is 1. The summed E-state index contributed by atoms with van der Waals surface area (Å²) in [6.07, 6.45) is 3.08. The topological polar surface area (TPSA) is 189 Å².